The minimum atomic E-state index is -4.97. The van der Waals surface area contributed by atoms with Crippen molar-refractivity contribution < 1.29 is 41.3 Å². The van der Waals surface area contributed by atoms with Crippen molar-refractivity contribution in [3.8, 4) is 22.6 Å². The molecule has 0 bridgehead atoms. The first-order chi connectivity index (χ1) is 11.2. The van der Waals surface area contributed by atoms with Crippen LogP contribution < -0.4 is 9.47 Å². The highest BCUT2D eigenvalue weighted by atomic mass is 19.4. The van der Waals surface area contributed by atoms with E-state index in [0.717, 1.165) is 24.3 Å². The largest absolute Gasteiger partial charge is 0.573 e. The lowest BCUT2D eigenvalue weighted by atomic mass is 10.0. The van der Waals surface area contributed by atoms with Gasteiger partial charge in [-0.25, -0.2) is 4.79 Å². The average Bonchev–Trinajstić information content (AvgIpc) is 2.45. The molecule has 2 aromatic carbocycles. The molecule has 4 nitrogen and oxygen atoms in total. The summed E-state index contributed by atoms with van der Waals surface area (Å²) in [6.07, 6.45) is -4.97. The summed E-state index contributed by atoms with van der Waals surface area (Å²) in [4.78, 5) is 11.1. The fourth-order valence-electron chi connectivity index (χ4n) is 1.97. The second-order valence-corrected chi connectivity index (χ2v) is 4.47. The van der Waals surface area contributed by atoms with Crippen molar-refractivity contribution in [3.05, 3.63) is 48.0 Å². The van der Waals surface area contributed by atoms with Crippen LogP contribution in [0.15, 0.2) is 42.5 Å². The number of ether oxygens (including phenoxy) is 2. The van der Waals surface area contributed by atoms with Gasteiger partial charge in [0.05, 0.1) is 5.56 Å². The van der Waals surface area contributed by atoms with Gasteiger partial charge in [-0.15, -0.1) is 13.2 Å². The van der Waals surface area contributed by atoms with Gasteiger partial charge < -0.3 is 14.6 Å². The summed E-state index contributed by atoms with van der Waals surface area (Å²) >= 11 is 0. The maximum Gasteiger partial charge on any atom is 0.573 e. The number of para-hydroxylation sites is 1. The van der Waals surface area contributed by atoms with E-state index >= 15 is 0 Å². The summed E-state index contributed by atoms with van der Waals surface area (Å²) in [7, 11) is 0. The number of halogens is 5. The SMILES string of the molecule is O=C(O)c1cc(OC(F)F)cc(-c2ccccc2OC(F)(F)F)c1. The van der Waals surface area contributed by atoms with Crippen molar-refractivity contribution in [3.63, 3.8) is 0 Å². The quantitative estimate of drug-likeness (QED) is 0.806. The number of rotatable bonds is 5. The van der Waals surface area contributed by atoms with E-state index in [1.54, 1.807) is 0 Å². The lowest BCUT2D eigenvalue weighted by Gasteiger charge is -2.14. The lowest BCUT2D eigenvalue weighted by molar-refractivity contribution is -0.274. The molecule has 2 rings (SSSR count). The Balaban J connectivity index is 2.55. The molecule has 0 aliphatic carbocycles. The van der Waals surface area contributed by atoms with Crippen LogP contribution in [-0.2, 0) is 0 Å². The maximum atomic E-state index is 12.5. The van der Waals surface area contributed by atoms with Crippen LogP contribution in [0.2, 0.25) is 0 Å². The molecule has 0 unspecified atom stereocenters. The van der Waals surface area contributed by atoms with Gasteiger partial charge in [-0.2, -0.15) is 8.78 Å². The first-order valence-electron chi connectivity index (χ1n) is 6.34. The summed E-state index contributed by atoms with van der Waals surface area (Å²) in [6, 6.07) is 7.78. The van der Waals surface area contributed by atoms with Crippen LogP contribution in [0, 0.1) is 0 Å². The Morgan fingerprint density at radius 2 is 1.75 bits per heavy atom. The van der Waals surface area contributed by atoms with Crippen LogP contribution in [0.25, 0.3) is 11.1 Å². The summed E-state index contributed by atoms with van der Waals surface area (Å²) in [5.41, 5.74) is -0.632. The molecule has 0 fully saturated rings. The van der Waals surface area contributed by atoms with Crippen molar-refractivity contribution in [2.24, 2.45) is 0 Å². The summed E-state index contributed by atoms with van der Waals surface area (Å²) in [6.45, 7) is -3.22. The summed E-state index contributed by atoms with van der Waals surface area (Å²) < 4.78 is 70.1. The normalized spacial score (nSPS) is 11.4. The van der Waals surface area contributed by atoms with E-state index in [9.17, 15) is 26.7 Å². The van der Waals surface area contributed by atoms with Crippen molar-refractivity contribution in [1.29, 1.82) is 0 Å². The van der Waals surface area contributed by atoms with E-state index in [0.29, 0.717) is 0 Å². The zero-order chi connectivity index (χ0) is 17.9. The fourth-order valence-corrected chi connectivity index (χ4v) is 1.97. The predicted molar refractivity (Wildman–Crippen MR) is 72.2 cm³/mol. The van der Waals surface area contributed by atoms with Crippen LogP contribution in [0.5, 0.6) is 11.5 Å². The Morgan fingerprint density at radius 3 is 2.33 bits per heavy atom. The molecule has 0 spiro atoms. The summed E-state index contributed by atoms with van der Waals surface area (Å²) in [5.74, 6) is -2.55. The first-order valence-corrected chi connectivity index (χ1v) is 6.34. The summed E-state index contributed by atoms with van der Waals surface area (Å²) in [5, 5.41) is 9.02. The second-order valence-electron chi connectivity index (χ2n) is 4.47. The smallest absolute Gasteiger partial charge is 0.478 e. The Morgan fingerprint density at radius 1 is 1.08 bits per heavy atom. The molecule has 1 N–H and O–H groups in total. The molecule has 0 heterocycles. The number of aromatic carboxylic acids is 1. The Bertz CT molecular complexity index is 743. The standard InChI is InChI=1S/C15H9F5O4/c16-14(17)23-10-6-8(5-9(7-10)13(21)22)11-3-1-2-4-12(11)24-15(18,19)20/h1-7,14H,(H,21,22). The number of hydrogen-bond donors (Lipinski definition) is 1. The third-order valence-corrected chi connectivity index (χ3v) is 2.80. The fraction of sp³-hybridized carbons (Fsp3) is 0.133. The molecule has 0 aromatic heterocycles. The minimum Gasteiger partial charge on any atom is -0.478 e. The van der Waals surface area contributed by atoms with Gasteiger partial charge in [-0.1, -0.05) is 18.2 Å². The molecule has 0 saturated heterocycles. The molecular formula is C15H9F5O4. The number of alkyl halides is 5. The van der Waals surface area contributed by atoms with Gasteiger partial charge in [0.1, 0.15) is 11.5 Å². The van der Waals surface area contributed by atoms with Crippen LogP contribution >= 0.6 is 0 Å². The van der Waals surface area contributed by atoms with Gasteiger partial charge in [-0.3, -0.25) is 0 Å². The van der Waals surface area contributed by atoms with Gasteiger partial charge >= 0.3 is 18.9 Å². The Kier molecular flexibility index (Phi) is 4.91. The zero-order valence-electron chi connectivity index (χ0n) is 11.7. The van der Waals surface area contributed by atoms with E-state index in [1.165, 1.54) is 18.2 Å². The maximum absolute atomic E-state index is 12.5. The number of hydrogen-bond acceptors (Lipinski definition) is 3. The van der Waals surface area contributed by atoms with E-state index in [1.807, 2.05) is 0 Å². The molecule has 0 aliphatic rings. The molecular weight excluding hydrogens is 339 g/mol. The highest BCUT2D eigenvalue weighted by Gasteiger charge is 2.32. The van der Waals surface area contributed by atoms with E-state index in [-0.39, 0.29) is 11.1 Å². The topological polar surface area (TPSA) is 55.8 Å². The number of carbonyl (C=O) groups is 1. The van der Waals surface area contributed by atoms with Crippen LogP contribution in [0.4, 0.5) is 22.0 Å². The third-order valence-electron chi connectivity index (χ3n) is 2.80. The van der Waals surface area contributed by atoms with Gasteiger partial charge in [0, 0.05) is 5.56 Å². The van der Waals surface area contributed by atoms with Crippen LogP contribution in [0.1, 0.15) is 10.4 Å². The Labute approximate surface area is 132 Å². The third kappa shape index (κ3) is 4.58. The molecule has 0 amide bonds. The molecule has 0 aliphatic heterocycles. The van der Waals surface area contributed by atoms with E-state index in [2.05, 4.69) is 9.47 Å². The molecule has 128 valence electrons. The van der Waals surface area contributed by atoms with Crippen LogP contribution in [-0.4, -0.2) is 24.0 Å². The lowest BCUT2D eigenvalue weighted by Crippen LogP contribution is -2.17. The number of benzene rings is 2. The molecule has 0 saturated carbocycles. The molecule has 0 atom stereocenters. The molecule has 24 heavy (non-hydrogen) atoms. The molecule has 2 aromatic rings. The van der Waals surface area contributed by atoms with Gasteiger partial charge in [0.15, 0.2) is 0 Å². The first kappa shape index (κ1) is 17.5. The van der Waals surface area contributed by atoms with Crippen molar-refractivity contribution in [2.75, 3.05) is 0 Å². The number of carboxylic acids is 1. The monoisotopic (exact) mass is 348 g/mol. The van der Waals surface area contributed by atoms with Crippen molar-refractivity contribution in [1.82, 2.24) is 0 Å². The average molecular weight is 348 g/mol. The zero-order valence-corrected chi connectivity index (χ0v) is 11.7. The van der Waals surface area contributed by atoms with Crippen molar-refractivity contribution in [2.45, 2.75) is 13.0 Å². The molecule has 9 heteroatoms. The van der Waals surface area contributed by atoms with Gasteiger partial charge in [0.25, 0.3) is 0 Å². The van der Waals surface area contributed by atoms with Crippen molar-refractivity contribution >= 4 is 5.97 Å². The van der Waals surface area contributed by atoms with E-state index in [4.69, 9.17) is 5.11 Å². The van der Waals surface area contributed by atoms with E-state index < -0.39 is 36.0 Å². The van der Waals surface area contributed by atoms with Gasteiger partial charge in [-0.05, 0) is 29.8 Å². The van der Waals surface area contributed by atoms with Crippen LogP contribution in [0.3, 0.4) is 0 Å². The number of carboxylic acid groups (broad SMARTS) is 1. The second kappa shape index (κ2) is 6.73. The Hall–Kier alpha value is -2.84. The highest BCUT2D eigenvalue weighted by Crippen LogP contribution is 2.36. The highest BCUT2D eigenvalue weighted by molar-refractivity contribution is 5.90. The van der Waals surface area contributed by atoms with Gasteiger partial charge in [0.2, 0.25) is 0 Å². The predicted octanol–water partition coefficient (Wildman–Crippen LogP) is 4.55. The molecule has 0 radical (unpaired) electrons. The minimum absolute atomic E-state index is 0.0783.